The van der Waals surface area contributed by atoms with Crippen molar-refractivity contribution >= 4 is 11.8 Å². The highest BCUT2D eigenvalue weighted by Gasteiger charge is 2.41. The molecule has 0 aromatic heterocycles. The highest BCUT2D eigenvalue weighted by molar-refractivity contribution is 5.98. The summed E-state index contributed by atoms with van der Waals surface area (Å²) in [6.07, 6.45) is 1.98. The van der Waals surface area contributed by atoms with Crippen LogP contribution in [-0.2, 0) is 14.3 Å². The zero-order valence-electron chi connectivity index (χ0n) is 16.5. The minimum absolute atomic E-state index is 0.0153. The molecule has 2 fully saturated rings. The first-order valence-corrected chi connectivity index (χ1v) is 9.83. The SMILES string of the molecule is Cc1ccccc1C(=O)N[C@@H](CC(C)C)C(=O)N1CCC2(CC1)OCCO2. The molecule has 148 valence electrons. The van der Waals surface area contributed by atoms with Crippen LogP contribution >= 0.6 is 0 Å². The van der Waals surface area contributed by atoms with Gasteiger partial charge in [-0.25, -0.2) is 0 Å². The van der Waals surface area contributed by atoms with E-state index in [0.29, 0.717) is 57.0 Å². The Morgan fingerprint density at radius 3 is 2.37 bits per heavy atom. The monoisotopic (exact) mass is 374 g/mol. The lowest BCUT2D eigenvalue weighted by molar-refractivity contribution is -0.188. The Morgan fingerprint density at radius 1 is 1.15 bits per heavy atom. The maximum Gasteiger partial charge on any atom is 0.252 e. The summed E-state index contributed by atoms with van der Waals surface area (Å²) in [7, 11) is 0. The van der Waals surface area contributed by atoms with Crippen molar-refractivity contribution in [3.8, 4) is 0 Å². The number of nitrogens with zero attached hydrogens (tertiary/aromatic N) is 1. The van der Waals surface area contributed by atoms with E-state index in [1.54, 1.807) is 6.07 Å². The van der Waals surface area contributed by atoms with Crippen molar-refractivity contribution in [3.05, 3.63) is 35.4 Å². The molecule has 1 aromatic rings. The number of amides is 2. The van der Waals surface area contributed by atoms with Gasteiger partial charge in [0.25, 0.3) is 5.91 Å². The molecule has 0 saturated carbocycles. The van der Waals surface area contributed by atoms with Gasteiger partial charge in [-0.15, -0.1) is 0 Å². The van der Waals surface area contributed by atoms with E-state index in [9.17, 15) is 9.59 Å². The van der Waals surface area contributed by atoms with Crippen LogP contribution in [-0.4, -0.2) is 54.8 Å². The van der Waals surface area contributed by atoms with Gasteiger partial charge in [0.1, 0.15) is 6.04 Å². The number of likely N-dealkylation sites (tertiary alicyclic amines) is 1. The van der Waals surface area contributed by atoms with Crippen LogP contribution < -0.4 is 5.32 Å². The molecule has 1 spiro atoms. The van der Waals surface area contributed by atoms with Crippen molar-refractivity contribution in [2.75, 3.05) is 26.3 Å². The van der Waals surface area contributed by atoms with Crippen LogP contribution in [0.1, 0.15) is 49.0 Å². The molecule has 0 bridgehead atoms. The third kappa shape index (κ3) is 4.68. The number of aryl methyl sites for hydroxylation is 1. The predicted octanol–water partition coefficient (Wildman–Crippen LogP) is 2.51. The smallest absolute Gasteiger partial charge is 0.252 e. The normalized spacial score (nSPS) is 20.1. The summed E-state index contributed by atoms with van der Waals surface area (Å²) in [4.78, 5) is 27.7. The van der Waals surface area contributed by atoms with E-state index in [0.717, 1.165) is 5.56 Å². The van der Waals surface area contributed by atoms with Crippen molar-refractivity contribution in [2.24, 2.45) is 5.92 Å². The summed E-state index contributed by atoms with van der Waals surface area (Å²) < 4.78 is 11.5. The fourth-order valence-electron chi connectivity index (χ4n) is 3.83. The third-order valence-corrected chi connectivity index (χ3v) is 5.35. The van der Waals surface area contributed by atoms with Crippen LogP contribution in [0.15, 0.2) is 24.3 Å². The van der Waals surface area contributed by atoms with E-state index in [1.807, 2.05) is 30.0 Å². The first-order chi connectivity index (χ1) is 12.9. The summed E-state index contributed by atoms with van der Waals surface area (Å²) in [5, 5.41) is 2.97. The highest BCUT2D eigenvalue weighted by atomic mass is 16.7. The van der Waals surface area contributed by atoms with Gasteiger partial charge in [0.2, 0.25) is 5.91 Å². The first kappa shape index (κ1) is 19.8. The van der Waals surface area contributed by atoms with Crippen molar-refractivity contribution in [2.45, 2.75) is 51.9 Å². The molecule has 2 amide bonds. The molecule has 6 heteroatoms. The molecule has 0 unspecified atom stereocenters. The van der Waals surface area contributed by atoms with Gasteiger partial charge in [0, 0.05) is 31.5 Å². The third-order valence-electron chi connectivity index (χ3n) is 5.35. The lowest BCUT2D eigenvalue weighted by Crippen LogP contribution is -2.54. The number of hydrogen-bond donors (Lipinski definition) is 1. The summed E-state index contributed by atoms with van der Waals surface area (Å²) in [6.45, 7) is 8.45. The number of carbonyl (C=O) groups excluding carboxylic acids is 2. The van der Waals surface area contributed by atoms with Gasteiger partial charge in [0.15, 0.2) is 5.79 Å². The van der Waals surface area contributed by atoms with Crippen molar-refractivity contribution in [3.63, 3.8) is 0 Å². The molecule has 2 aliphatic heterocycles. The largest absolute Gasteiger partial charge is 0.347 e. The lowest BCUT2D eigenvalue weighted by atomic mass is 9.98. The molecule has 1 N–H and O–H groups in total. The number of carbonyl (C=O) groups is 2. The second kappa shape index (κ2) is 8.40. The zero-order chi connectivity index (χ0) is 19.4. The Hall–Kier alpha value is -1.92. The molecular weight excluding hydrogens is 344 g/mol. The summed E-state index contributed by atoms with van der Waals surface area (Å²) >= 11 is 0. The number of piperidine rings is 1. The van der Waals surface area contributed by atoms with Gasteiger partial charge in [0.05, 0.1) is 13.2 Å². The topological polar surface area (TPSA) is 67.9 Å². The van der Waals surface area contributed by atoms with Gasteiger partial charge in [-0.2, -0.15) is 0 Å². The van der Waals surface area contributed by atoms with Crippen LogP contribution in [0.4, 0.5) is 0 Å². The highest BCUT2D eigenvalue weighted by Crippen LogP contribution is 2.31. The van der Waals surface area contributed by atoms with Crippen LogP contribution in [0.5, 0.6) is 0 Å². The second-order valence-corrected chi connectivity index (χ2v) is 7.90. The minimum Gasteiger partial charge on any atom is -0.347 e. The van der Waals surface area contributed by atoms with E-state index in [-0.39, 0.29) is 11.8 Å². The Kier molecular flexibility index (Phi) is 6.17. The summed E-state index contributed by atoms with van der Waals surface area (Å²) in [5.41, 5.74) is 1.52. The minimum atomic E-state index is -0.517. The molecule has 2 heterocycles. The average molecular weight is 374 g/mol. The second-order valence-electron chi connectivity index (χ2n) is 7.90. The number of nitrogens with one attached hydrogen (secondary N) is 1. The number of benzene rings is 1. The Bertz CT molecular complexity index is 673. The van der Waals surface area contributed by atoms with Crippen LogP contribution in [0.25, 0.3) is 0 Å². The molecular formula is C21H30N2O4. The number of rotatable bonds is 5. The quantitative estimate of drug-likeness (QED) is 0.860. The molecule has 0 aliphatic carbocycles. The van der Waals surface area contributed by atoms with Crippen LogP contribution in [0, 0.1) is 12.8 Å². The first-order valence-electron chi connectivity index (χ1n) is 9.83. The number of hydrogen-bond acceptors (Lipinski definition) is 4. The molecule has 3 rings (SSSR count). The van der Waals surface area contributed by atoms with E-state index >= 15 is 0 Å². The van der Waals surface area contributed by atoms with Crippen LogP contribution in [0.2, 0.25) is 0 Å². The maximum atomic E-state index is 13.1. The van der Waals surface area contributed by atoms with Crippen molar-refractivity contribution in [1.82, 2.24) is 10.2 Å². The molecule has 2 saturated heterocycles. The lowest BCUT2D eigenvalue weighted by Gasteiger charge is -2.39. The van der Waals surface area contributed by atoms with E-state index in [4.69, 9.17) is 9.47 Å². The maximum absolute atomic E-state index is 13.1. The summed E-state index contributed by atoms with van der Waals surface area (Å²) in [6, 6.07) is 6.92. The standard InChI is InChI=1S/C21H30N2O4/c1-15(2)14-18(22-19(24)17-7-5-4-6-16(17)3)20(25)23-10-8-21(9-11-23)26-12-13-27-21/h4-7,15,18H,8-14H2,1-3H3,(H,22,24)/t18-/m0/s1. The molecule has 2 aliphatic rings. The van der Waals surface area contributed by atoms with Gasteiger partial charge in [-0.05, 0) is 30.9 Å². The van der Waals surface area contributed by atoms with Gasteiger partial charge < -0.3 is 19.7 Å². The summed E-state index contributed by atoms with van der Waals surface area (Å²) in [5.74, 6) is -0.412. The molecule has 1 atom stereocenters. The van der Waals surface area contributed by atoms with Gasteiger partial charge in [-0.3, -0.25) is 9.59 Å². The Labute approximate surface area is 161 Å². The fraction of sp³-hybridized carbons (Fsp3) is 0.619. The van der Waals surface area contributed by atoms with E-state index in [1.165, 1.54) is 0 Å². The molecule has 0 radical (unpaired) electrons. The van der Waals surface area contributed by atoms with E-state index < -0.39 is 11.8 Å². The Balaban J connectivity index is 1.66. The van der Waals surface area contributed by atoms with Gasteiger partial charge >= 0.3 is 0 Å². The van der Waals surface area contributed by atoms with E-state index in [2.05, 4.69) is 19.2 Å². The Morgan fingerprint density at radius 2 is 1.78 bits per heavy atom. The van der Waals surface area contributed by atoms with Crippen molar-refractivity contribution in [1.29, 1.82) is 0 Å². The van der Waals surface area contributed by atoms with Gasteiger partial charge in [-0.1, -0.05) is 32.0 Å². The molecule has 27 heavy (non-hydrogen) atoms. The molecule has 6 nitrogen and oxygen atoms in total. The van der Waals surface area contributed by atoms with Crippen LogP contribution in [0.3, 0.4) is 0 Å². The average Bonchev–Trinajstić information content (AvgIpc) is 3.09. The number of ether oxygens (including phenoxy) is 2. The molecule has 1 aromatic carbocycles. The zero-order valence-corrected chi connectivity index (χ0v) is 16.5. The fourth-order valence-corrected chi connectivity index (χ4v) is 3.83. The predicted molar refractivity (Wildman–Crippen MR) is 102 cm³/mol. The van der Waals surface area contributed by atoms with Crippen molar-refractivity contribution < 1.29 is 19.1 Å².